The van der Waals surface area contributed by atoms with Crippen LogP contribution in [-0.2, 0) is 0 Å². The van der Waals surface area contributed by atoms with E-state index >= 15 is 0 Å². The van der Waals surface area contributed by atoms with Crippen LogP contribution in [0, 0.1) is 6.92 Å². The van der Waals surface area contributed by atoms with Crippen molar-refractivity contribution in [1.29, 1.82) is 0 Å². The lowest BCUT2D eigenvalue weighted by atomic mass is 10.2. The first-order chi connectivity index (χ1) is 5.61. The van der Waals surface area contributed by atoms with E-state index in [1.54, 1.807) is 6.07 Å². The van der Waals surface area contributed by atoms with Crippen molar-refractivity contribution in [3.8, 4) is 0 Å². The van der Waals surface area contributed by atoms with Gasteiger partial charge in [-0.05, 0) is 24.6 Å². The number of carboxylic acid groups (broad SMARTS) is 1. The van der Waals surface area contributed by atoms with Crippen LogP contribution in [-0.4, -0.2) is 18.2 Å². The molecule has 12 heavy (non-hydrogen) atoms. The van der Waals surface area contributed by atoms with Gasteiger partial charge in [0, 0.05) is 12.7 Å². The molecule has 0 spiro atoms. The molecule has 0 fully saturated rings. The van der Waals surface area contributed by atoms with Gasteiger partial charge in [-0.25, -0.2) is 4.79 Å². The molecule has 0 aromatic heterocycles. The molecule has 1 aromatic carbocycles. The highest BCUT2D eigenvalue weighted by molar-refractivity contribution is 5.85. The molecule has 0 heterocycles. The molecule has 0 atom stereocenters. The van der Waals surface area contributed by atoms with Crippen molar-refractivity contribution >= 4 is 11.8 Å². The van der Waals surface area contributed by atoms with E-state index < -0.39 is 6.09 Å². The van der Waals surface area contributed by atoms with Crippen LogP contribution in [0.3, 0.4) is 0 Å². The Bertz CT molecular complexity index is 296. The summed E-state index contributed by atoms with van der Waals surface area (Å²) in [6.07, 6.45) is -0.944. The molecule has 64 valence electrons. The van der Waals surface area contributed by atoms with Crippen LogP contribution in [0.4, 0.5) is 10.5 Å². The van der Waals surface area contributed by atoms with Crippen molar-refractivity contribution in [1.82, 2.24) is 0 Å². The van der Waals surface area contributed by atoms with Crippen LogP contribution < -0.4 is 4.90 Å². The van der Waals surface area contributed by atoms with Gasteiger partial charge in [0.05, 0.1) is 0 Å². The quantitative estimate of drug-likeness (QED) is 0.692. The summed E-state index contributed by atoms with van der Waals surface area (Å²) in [5.74, 6) is 0. The Labute approximate surface area is 71.2 Å². The molecule has 1 N–H and O–H groups in total. The maximum Gasteiger partial charge on any atom is 0.411 e. The van der Waals surface area contributed by atoms with Crippen LogP contribution in [0.1, 0.15) is 5.56 Å². The van der Waals surface area contributed by atoms with Gasteiger partial charge in [-0.1, -0.05) is 12.1 Å². The maximum atomic E-state index is 10.5. The number of hydrogen-bond acceptors (Lipinski definition) is 1. The minimum atomic E-state index is -0.944. The highest BCUT2D eigenvalue weighted by Gasteiger charge is 2.06. The topological polar surface area (TPSA) is 40.5 Å². The van der Waals surface area contributed by atoms with E-state index in [0.717, 1.165) is 5.56 Å². The summed E-state index contributed by atoms with van der Waals surface area (Å²) in [4.78, 5) is 11.7. The average Bonchev–Trinajstić information content (AvgIpc) is 2.03. The SMILES string of the molecule is Cc1cccc(N(C)C(=O)O)c1. The van der Waals surface area contributed by atoms with Crippen LogP contribution >= 0.6 is 0 Å². The Balaban J connectivity index is 2.95. The fraction of sp³-hybridized carbons (Fsp3) is 0.222. The zero-order chi connectivity index (χ0) is 9.14. The predicted molar refractivity (Wildman–Crippen MR) is 47.6 cm³/mol. The Morgan fingerprint density at radius 2 is 2.17 bits per heavy atom. The number of hydrogen-bond donors (Lipinski definition) is 1. The van der Waals surface area contributed by atoms with Gasteiger partial charge in [0.1, 0.15) is 0 Å². The lowest BCUT2D eigenvalue weighted by Gasteiger charge is -2.12. The van der Waals surface area contributed by atoms with Gasteiger partial charge in [-0.3, -0.25) is 4.90 Å². The summed E-state index contributed by atoms with van der Waals surface area (Å²) in [6, 6.07) is 7.36. The minimum absolute atomic E-state index is 0.697. The second-order valence-corrected chi connectivity index (χ2v) is 2.68. The molecular weight excluding hydrogens is 154 g/mol. The van der Waals surface area contributed by atoms with Crippen LogP contribution in [0.5, 0.6) is 0 Å². The zero-order valence-corrected chi connectivity index (χ0v) is 7.11. The number of amides is 1. The van der Waals surface area contributed by atoms with Crippen molar-refractivity contribution in [2.45, 2.75) is 6.92 Å². The third-order valence-corrected chi connectivity index (χ3v) is 1.68. The number of nitrogens with zero attached hydrogens (tertiary/aromatic N) is 1. The van der Waals surface area contributed by atoms with Crippen molar-refractivity contribution in [3.63, 3.8) is 0 Å². The van der Waals surface area contributed by atoms with E-state index in [4.69, 9.17) is 5.11 Å². The monoisotopic (exact) mass is 165 g/mol. The first kappa shape index (κ1) is 8.59. The Kier molecular flexibility index (Phi) is 2.33. The van der Waals surface area contributed by atoms with E-state index in [2.05, 4.69) is 0 Å². The first-order valence-corrected chi connectivity index (χ1v) is 3.64. The van der Waals surface area contributed by atoms with Gasteiger partial charge in [0.25, 0.3) is 0 Å². The maximum absolute atomic E-state index is 10.5. The summed E-state index contributed by atoms with van der Waals surface area (Å²) < 4.78 is 0. The van der Waals surface area contributed by atoms with Gasteiger partial charge in [0.15, 0.2) is 0 Å². The number of carbonyl (C=O) groups is 1. The highest BCUT2D eigenvalue weighted by atomic mass is 16.4. The average molecular weight is 165 g/mol. The van der Waals surface area contributed by atoms with Gasteiger partial charge < -0.3 is 5.11 Å². The van der Waals surface area contributed by atoms with Gasteiger partial charge >= 0.3 is 6.09 Å². The summed E-state index contributed by atoms with van der Waals surface area (Å²) in [5, 5.41) is 8.65. The van der Waals surface area contributed by atoms with Crippen LogP contribution in [0.25, 0.3) is 0 Å². The van der Waals surface area contributed by atoms with Gasteiger partial charge in [-0.2, -0.15) is 0 Å². The molecule has 0 aliphatic rings. The van der Waals surface area contributed by atoms with Crippen LogP contribution in [0.2, 0.25) is 0 Å². The van der Waals surface area contributed by atoms with E-state index in [0.29, 0.717) is 5.69 Å². The minimum Gasteiger partial charge on any atom is -0.465 e. The molecule has 1 aromatic rings. The molecular formula is C9H11NO2. The normalized spacial score (nSPS) is 9.50. The van der Waals surface area contributed by atoms with E-state index in [9.17, 15) is 4.79 Å². The summed E-state index contributed by atoms with van der Waals surface area (Å²) in [6.45, 7) is 1.93. The summed E-state index contributed by atoms with van der Waals surface area (Å²) >= 11 is 0. The standard InChI is InChI=1S/C9H11NO2/c1-7-4-3-5-8(6-7)10(2)9(11)12/h3-6H,1-2H3,(H,11,12). The molecule has 1 rings (SSSR count). The van der Waals surface area contributed by atoms with Gasteiger partial charge in [-0.15, -0.1) is 0 Å². The number of aryl methyl sites for hydroxylation is 1. The molecule has 0 aliphatic carbocycles. The smallest absolute Gasteiger partial charge is 0.411 e. The molecule has 0 saturated carbocycles. The van der Waals surface area contributed by atoms with Crippen molar-refractivity contribution in [2.75, 3.05) is 11.9 Å². The lowest BCUT2D eigenvalue weighted by Crippen LogP contribution is -2.23. The van der Waals surface area contributed by atoms with E-state index in [1.807, 2.05) is 25.1 Å². The molecule has 0 unspecified atom stereocenters. The molecule has 0 bridgehead atoms. The third-order valence-electron chi connectivity index (χ3n) is 1.68. The number of rotatable bonds is 1. The molecule has 1 amide bonds. The fourth-order valence-corrected chi connectivity index (χ4v) is 0.947. The summed E-state index contributed by atoms with van der Waals surface area (Å²) in [7, 11) is 1.52. The summed E-state index contributed by atoms with van der Waals surface area (Å²) in [5.41, 5.74) is 1.75. The van der Waals surface area contributed by atoms with Crippen molar-refractivity contribution in [3.05, 3.63) is 29.8 Å². The van der Waals surface area contributed by atoms with Gasteiger partial charge in [0.2, 0.25) is 0 Å². The van der Waals surface area contributed by atoms with E-state index in [-0.39, 0.29) is 0 Å². The zero-order valence-electron chi connectivity index (χ0n) is 7.11. The molecule has 0 radical (unpaired) electrons. The van der Waals surface area contributed by atoms with Crippen LogP contribution in [0.15, 0.2) is 24.3 Å². The highest BCUT2D eigenvalue weighted by Crippen LogP contribution is 2.13. The first-order valence-electron chi connectivity index (χ1n) is 3.64. The number of anilines is 1. The lowest BCUT2D eigenvalue weighted by molar-refractivity contribution is 0.203. The molecule has 0 aliphatic heterocycles. The Hall–Kier alpha value is -1.51. The molecule has 3 heteroatoms. The van der Waals surface area contributed by atoms with Crippen molar-refractivity contribution < 1.29 is 9.90 Å². The third kappa shape index (κ3) is 1.75. The second-order valence-electron chi connectivity index (χ2n) is 2.68. The number of benzene rings is 1. The molecule has 3 nitrogen and oxygen atoms in total. The second kappa shape index (κ2) is 3.26. The largest absolute Gasteiger partial charge is 0.465 e. The predicted octanol–water partition coefficient (Wildman–Crippen LogP) is 2.11. The fourth-order valence-electron chi connectivity index (χ4n) is 0.947. The van der Waals surface area contributed by atoms with E-state index in [1.165, 1.54) is 11.9 Å². The molecule has 0 saturated heterocycles. The Morgan fingerprint density at radius 1 is 1.50 bits per heavy atom. The Morgan fingerprint density at radius 3 is 2.67 bits per heavy atom. The van der Waals surface area contributed by atoms with Crippen molar-refractivity contribution in [2.24, 2.45) is 0 Å².